The molecule has 0 saturated carbocycles. The molecule has 154 valence electrons. The van der Waals surface area contributed by atoms with Crippen LogP contribution in [-0.2, 0) is 14.3 Å². The molecule has 7 nitrogen and oxygen atoms in total. The third-order valence-corrected chi connectivity index (χ3v) is 4.35. The number of anilines is 1. The fourth-order valence-corrected chi connectivity index (χ4v) is 2.94. The minimum atomic E-state index is -0.459. The number of esters is 1. The third-order valence-electron chi connectivity index (χ3n) is 4.11. The first kappa shape index (κ1) is 20.8. The number of fused-ring (bicyclic) bond motifs is 1. The maximum Gasteiger partial charge on any atom is 0.306 e. The average molecular weight is 420 g/mol. The van der Waals surface area contributed by atoms with E-state index in [0.29, 0.717) is 48.5 Å². The van der Waals surface area contributed by atoms with E-state index in [-0.39, 0.29) is 13.0 Å². The molecule has 0 fully saturated rings. The summed E-state index contributed by atoms with van der Waals surface area (Å²) in [6.07, 6.45) is 0.634. The molecule has 0 saturated heterocycles. The second-order valence-electron chi connectivity index (χ2n) is 6.43. The lowest BCUT2D eigenvalue weighted by Crippen LogP contribution is -2.21. The van der Waals surface area contributed by atoms with Crippen LogP contribution in [0.2, 0.25) is 5.02 Å². The fourth-order valence-electron chi connectivity index (χ4n) is 2.71. The van der Waals surface area contributed by atoms with E-state index in [9.17, 15) is 9.59 Å². The number of aryl methyl sites for hydroxylation is 1. The summed E-state index contributed by atoms with van der Waals surface area (Å²) in [6.45, 7) is 2.86. The predicted octanol–water partition coefficient (Wildman–Crippen LogP) is 3.76. The number of halogens is 1. The number of carbonyl (C=O) groups excluding carboxylic acids is 2. The minimum absolute atomic E-state index is 0.157. The molecule has 1 amide bonds. The number of amides is 1. The van der Waals surface area contributed by atoms with Crippen LogP contribution >= 0.6 is 11.6 Å². The van der Waals surface area contributed by atoms with Crippen LogP contribution in [0.1, 0.15) is 18.4 Å². The van der Waals surface area contributed by atoms with Gasteiger partial charge in [-0.05, 0) is 49.2 Å². The van der Waals surface area contributed by atoms with E-state index < -0.39 is 11.9 Å². The predicted molar refractivity (Wildman–Crippen MR) is 108 cm³/mol. The van der Waals surface area contributed by atoms with Crippen LogP contribution in [0.25, 0.3) is 0 Å². The Morgan fingerprint density at radius 1 is 1.10 bits per heavy atom. The molecule has 0 radical (unpaired) electrons. The highest BCUT2D eigenvalue weighted by Gasteiger charge is 2.13. The first-order valence-electron chi connectivity index (χ1n) is 9.25. The van der Waals surface area contributed by atoms with Crippen molar-refractivity contribution in [3.05, 3.63) is 47.0 Å². The quantitative estimate of drug-likeness (QED) is 0.518. The molecule has 2 aromatic rings. The van der Waals surface area contributed by atoms with Crippen molar-refractivity contribution in [1.82, 2.24) is 0 Å². The summed E-state index contributed by atoms with van der Waals surface area (Å²) in [5.41, 5.74) is 1.47. The number of ether oxygens (including phenoxy) is 4. The molecule has 29 heavy (non-hydrogen) atoms. The lowest BCUT2D eigenvalue weighted by Gasteiger charge is -2.19. The van der Waals surface area contributed by atoms with Gasteiger partial charge in [0.25, 0.3) is 5.91 Å². The Hall–Kier alpha value is -2.93. The first-order chi connectivity index (χ1) is 14.0. The molecule has 0 spiro atoms. The summed E-state index contributed by atoms with van der Waals surface area (Å²) in [7, 11) is 0. The molecule has 0 bridgehead atoms. The van der Waals surface area contributed by atoms with Gasteiger partial charge in [0, 0.05) is 23.2 Å². The first-order valence-corrected chi connectivity index (χ1v) is 9.63. The van der Waals surface area contributed by atoms with Crippen molar-refractivity contribution < 1.29 is 28.5 Å². The van der Waals surface area contributed by atoms with Gasteiger partial charge in [-0.25, -0.2) is 0 Å². The van der Waals surface area contributed by atoms with Crippen molar-refractivity contribution in [3.63, 3.8) is 0 Å². The summed E-state index contributed by atoms with van der Waals surface area (Å²) in [4.78, 5) is 23.8. The van der Waals surface area contributed by atoms with Gasteiger partial charge in [-0.15, -0.1) is 0 Å². The van der Waals surface area contributed by atoms with Crippen molar-refractivity contribution in [1.29, 1.82) is 0 Å². The van der Waals surface area contributed by atoms with E-state index in [1.807, 2.05) is 13.0 Å². The average Bonchev–Trinajstić information content (AvgIpc) is 2.71. The van der Waals surface area contributed by atoms with E-state index in [2.05, 4.69) is 5.32 Å². The largest absolute Gasteiger partial charge is 0.493 e. The van der Waals surface area contributed by atoms with E-state index in [4.69, 9.17) is 30.5 Å². The molecule has 3 rings (SSSR count). The molecule has 2 aromatic carbocycles. The summed E-state index contributed by atoms with van der Waals surface area (Å²) in [5.74, 6) is 1.04. The second kappa shape index (κ2) is 10.0. The zero-order valence-electron chi connectivity index (χ0n) is 16.0. The Morgan fingerprint density at radius 3 is 2.69 bits per heavy atom. The monoisotopic (exact) mass is 419 g/mol. The maximum absolute atomic E-state index is 12.0. The van der Waals surface area contributed by atoms with Crippen molar-refractivity contribution in [3.8, 4) is 17.2 Å². The van der Waals surface area contributed by atoms with Gasteiger partial charge in [-0.1, -0.05) is 11.6 Å². The normalized spacial score (nSPS) is 12.2. The van der Waals surface area contributed by atoms with E-state index in [1.165, 1.54) is 0 Å². The Balaban J connectivity index is 1.34. The minimum Gasteiger partial charge on any atom is -0.493 e. The Morgan fingerprint density at radius 2 is 1.90 bits per heavy atom. The van der Waals surface area contributed by atoms with Crippen LogP contribution in [0.4, 0.5) is 5.69 Å². The van der Waals surface area contributed by atoms with Crippen molar-refractivity contribution in [2.45, 2.75) is 19.8 Å². The van der Waals surface area contributed by atoms with Crippen molar-refractivity contribution >= 4 is 29.2 Å². The molecule has 0 unspecified atom stereocenters. The molecule has 1 aliphatic heterocycles. The number of nitrogens with one attached hydrogen (secondary N) is 1. The molecule has 0 aliphatic carbocycles. The summed E-state index contributed by atoms with van der Waals surface area (Å²) in [5, 5.41) is 3.31. The van der Waals surface area contributed by atoms with Crippen LogP contribution in [-0.4, -0.2) is 38.3 Å². The Kier molecular flexibility index (Phi) is 7.19. The van der Waals surface area contributed by atoms with Crippen LogP contribution in [0.15, 0.2) is 36.4 Å². The number of hydrogen-bond donors (Lipinski definition) is 1. The molecule has 0 aromatic heterocycles. The van der Waals surface area contributed by atoms with E-state index in [0.717, 1.165) is 11.3 Å². The Bertz CT molecular complexity index is 885. The lowest BCUT2D eigenvalue weighted by molar-refractivity contribution is -0.147. The smallest absolute Gasteiger partial charge is 0.306 e. The molecular weight excluding hydrogens is 398 g/mol. The zero-order chi connectivity index (χ0) is 20.6. The van der Waals surface area contributed by atoms with Crippen molar-refractivity contribution in [2.24, 2.45) is 0 Å². The molecule has 1 N–H and O–H groups in total. The summed E-state index contributed by atoms with van der Waals surface area (Å²) < 4.78 is 21.5. The SMILES string of the molecule is Cc1cc(Cl)ccc1OCCCC(=O)OCC(=O)Nc1ccc2c(c1)OCCO2. The summed E-state index contributed by atoms with van der Waals surface area (Å²) >= 11 is 5.90. The highest BCUT2D eigenvalue weighted by molar-refractivity contribution is 6.30. The van der Waals surface area contributed by atoms with E-state index in [1.54, 1.807) is 30.3 Å². The number of benzene rings is 2. The highest BCUT2D eigenvalue weighted by atomic mass is 35.5. The van der Waals surface area contributed by atoms with Crippen LogP contribution < -0.4 is 19.5 Å². The molecule has 1 aliphatic rings. The van der Waals surface area contributed by atoms with Crippen molar-refractivity contribution in [2.75, 3.05) is 31.7 Å². The van der Waals surface area contributed by atoms with E-state index >= 15 is 0 Å². The van der Waals surface area contributed by atoms with Gasteiger partial charge in [0.15, 0.2) is 18.1 Å². The highest BCUT2D eigenvalue weighted by Crippen LogP contribution is 2.32. The Labute approximate surface area is 173 Å². The second-order valence-corrected chi connectivity index (χ2v) is 6.87. The number of carbonyl (C=O) groups is 2. The fraction of sp³-hybridized carbons (Fsp3) is 0.333. The third kappa shape index (κ3) is 6.29. The standard InChI is InChI=1S/C21H22ClNO6/c1-14-11-15(22)4-6-17(14)26-8-2-3-21(25)29-13-20(24)23-16-5-7-18-19(12-16)28-10-9-27-18/h4-7,11-12H,2-3,8-10,13H2,1H3,(H,23,24). The van der Waals surface area contributed by atoms with Gasteiger partial charge in [0.2, 0.25) is 0 Å². The number of rotatable bonds is 8. The lowest BCUT2D eigenvalue weighted by atomic mass is 10.2. The van der Waals surface area contributed by atoms with Crippen LogP contribution in [0.3, 0.4) is 0 Å². The molecule has 8 heteroatoms. The van der Waals surface area contributed by atoms with Gasteiger partial charge < -0.3 is 24.3 Å². The molecule has 1 heterocycles. The van der Waals surface area contributed by atoms with Gasteiger partial charge in [0.1, 0.15) is 19.0 Å². The zero-order valence-corrected chi connectivity index (χ0v) is 16.8. The van der Waals surface area contributed by atoms with Gasteiger partial charge in [-0.2, -0.15) is 0 Å². The topological polar surface area (TPSA) is 83.1 Å². The van der Waals surface area contributed by atoms with Gasteiger partial charge in [0.05, 0.1) is 6.61 Å². The van der Waals surface area contributed by atoms with Gasteiger partial charge in [-0.3, -0.25) is 9.59 Å². The molecular formula is C21H22ClNO6. The summed E-state index contributed by atoms with van der Waals surface area (Å²) in [6, 6.07) is 10.4. The molecule has 0 atom stereocenters. The van der Waals surface area contributed by atoms with Crippen LogP contribution in [0, 0.1) is 6.92 Å². The van der Waals surface area contributed by atoms with Gasteiger partial charge >= 0.3 is 5.97 Å². The maximum atomic E-state index is 12.0. The van der Waals surface area contributed by atoms with Crippen LogP contribution in [0.5, 0.6) is 17.2 Å². The number of hydrogen-bond acceptors (Lipinski definition) is 6.